The molecule has 5 nitrogen and oxygen atoms in total. The average molecular weight is 336 g/mol. The monoisotopic (exact) mass is 336 g/mol. The zero-order valence-electron chi connectivity index (χ0n) is 15.2. The Hall–Kier alpha value is -1.10. The molecule has 0 aromatic rings. The molecule has 2 aliphatic carbocycles. The molecule has 1 aliphatic heterocycles. The zero-order chi connectivity index (χ0) is 17.2. The van der Waals surface area contributed by atoms with E-state index in [1.807, 2.05) is 4.90 Å². The van der Waals surface area contributed by atoms with Crippen molar-refractivity contribution < 1.29 is 14.3 Å². The molecule has 2 saturated carbocycles. The van der Waals surface area contributed by atoms with Gasteiger partial charge in [-0.3, -0.25) is 9.59 Å². The lowest BCUT2D eigenvalue weighted by Gasteiger charge is -2.57. The van der Waals surface area contributed by atoms with Crippen molar-refractivity contribution in [3.8, 4) is 0 Å². The lowest BCUT2D eigenvalue weighted by atomic mass is 9.55. The third-order valence-corrected chi connectivity index (χ3v) is 6.56. The van der Waals surface area contributed by atoms with Crippen molar-refractivity contribution in [2.24, 2.45) is 11.3 Å². The first-order valence-corrected chi connectivity index (χ1v) is 9.74. The third-order valence-electron chi connectivity index (χ3n) is 6.56. The van der Waals surface area contributed by atoms with Crippen LogP contribution >= 0.6 is 0 Å². The Morgan fingerprint density at radius 2 is 1.83 bits per heavy atom. The van der Waals surface area contributed by atoms with Crippen LogP contribution in [0.25, 0.3) is 0 Å². The van der Waals surface area contributed by atoms with Crippen molar-refractivity contribution in [3.05, 3.63) is 0 Å². The summed E-state index contributed by atoms with van der Waals surface area (Å²) in [7, 11) is 0. The number of ether oxygens (including phenoxy) is 1. The molecule has 3 fully saturated rings. The summed E-state index contributed by atoms with van der Waals surface area (Å²) in [4.78, 5) is 26.0. The fourth-order valence-electron chi connectivity index (χ4n) is 5.01. The van der Waals surface area contributed by atoms with Crippen molar-refractivity contribution in [3.63, 3.8) is 0 Å². The first-order valence-electron chi connectivity index (χ1n) is 9.74. The SMILES string of the molecule is CCOC1CC(NC(=O)C2CCN(C(C)=O)CC2)C12CCCCC2. The number of likely N-dealkylation sites (tertiary alicyclic amines) is 1. The van der Waals surface area contributed by atoms with Crippen LogP contribution < -0.4 is 5.32 Å². The van der Waals surface area contributed by atoms with Gasteiger partial charge >= 0.3 is 0 Å². The number of rotatable bonds is 4. The average Bonchev–Trinajstić information content (AvgIpc) is 2.61. The maximum Gasteiger partial charge on any atom is 0.223 e. The molecular weight excluding hydrogens is 304 g/mol. The number of carbonyl (C=O) groups excluding carboxylic acids is 2. The molecule has 5 heteroatoms. The predicted molar refractivity (Wildman–Crippen MR) is 92.5 cm³/mol. The minimum absolute atomic E-state index is 0.0624. The molecule has 2 unspecified atom stereocenters. The standard InChI is InChI=1S/C19H32N2O3/c1-3-24-17-13-16(19(17)9-5-4-6-10-19)20-18(23)15-7-11-21(12-8-15)14(2)22/h15-17H,3-13H2,1-2H3,(H,20,23). The second-order valence-corrected chi connectivity index (χ2v) is 7.82. The van der Waals surface area contributed by atoms with Gasteiger partial charge in [-0.2, -0.15) is 0 Å². The maximum atomic E-state index is 12.7. The Bertz CT molecular complexity index is 465. The van der Waals surface area contributed by atoms with Gasteiger partial charge in [0.2, 0.25) is 11.8 Å². The molecule has 2 amide bonds. The summed E-state index contributed by atoms with van der Waals surface area (Å²) in [6, 6.07) is 0.285. The number of carbonyl (C=O) groups is 2. The largest absolute Gasteiger partial charge is 0.378 e. The molecule has 1 spiro atoms. The van der Waals surface area contributed by atoms with Crippen LogP contribution in [0.1, 0.15) is 65.2 Å². The van der Waals surface area contributed by atoms with Gasteiger partial charge in [0, 0.05) is 44.0 Å². The number of hydrogen-bond acceptors (Lipinski definition) is 3. The summed E-state index contributed by atoms with van der Waals surface area (Å²) < 4.78 is 5.97. The first kappa shape index (κ1) is 17.7. The van der Waals surface area contributed by atoms with E-state index in [1.165, 1.54) is 32.1 Å². The minimum Gasteiger partial charge on any atom is -0.378 e. The number of amides is 2. The highest BCUT2D eigenvalue weighted by Gasteiger charge is 2.56. The molecule has 2 atom stereocenters. The number of nitrogens with one attached hydrogen (secondary N) is 1. The Kier molecular flexibility index (Phi) is 5.48. The van der Waals surface area contributed by atoms with Crippen molar-refractivity contribution in [2.45, 2.75) is 77.4 Å². The van der Waals surface area contributed by atoms with Gasteiger partial charge < -0.3 is 15.0 Å². The molecule has 0 aromatic carbocycles. The van der Waals surface area contributed by atoms with Crippen LogP contribution in [-0.2, 0) is 14.3 Å². The molecule has 1 saturated heterocycles. The van der Waals surface area contributed by atoms with E-state index >= 15 is 0 Å². The van der Waals surface area contributed by atoms with E-state index in [-0.39, 0.29) is 29.2 Å². The van der Waals surface area contributed by atoms with Crippen molar-refractivity contribution in [2.75, 3.05) is 19.7 Å². The highest BCUT2D eigenvalue weighted by atomic mass is 16.5. The highest BCUT2D eigenvalue weighted by molar-refractivity contribution is 5.80. The molecule has 0 bridgehead atoms. The van der Waals surface area contributed by atoms with E-state index in [0.717, 1.165) is 25.9 Å². The quantitative estimate of drug-likeness (QED) is 0.858. The number of nitrogens with zero attached hydrogens (tertiary/aromatic N) is 1. The number of hydrogen-bond donors (Lipinski definition) is 1. The lowest BCUT2D eigenvalue weighted by Crippen LogP contribution is -2.66. The topological polar surface area (TPSA) is 58.6 Å². The zero-order valence-corrected chi connectivity index (χ0v) is 15.2. The van der Waals surface area contributed by atoms with E-state index in [9.17, 15) is 9.59 Å². The Balaban J connectivity index is 1.55. The summed E-state index contributed by atoms with van der Waals surface area (Å²) in [6.45, 7) is 5.85. The minimum atomic E-state index is 0.0624. The van der Waals surface area contributed by atoms with Crippen LogP contribution in [0, 0.1) is 11.3 Å². The second kappa shape index (κ2) is 7.42. The summed E-state index contributed by atoms with van der Waals surface area (Å²) in [5.74, 6) is 0.379. The normalized spacial score (nSPS) is 30.0. The number of piperidine rings is 1. The summed E-state index contributed by atoms with van der Waals surface area (Å²) in [5, 5.41) is 3.36. The van der Waals surface area contributed by atoms with E-state index in [0.29, 0.717) is 19.2 Å². The molecular formula is C19H32N2O3. The lowest BCUT2D eigenvalue weighted by molar-refractivity contribution is -0.159. The fraction of sp³-hybridized carbons (Fsp3) is 0.895. The molecule has 1 N–H and O–H groups in total. The third kappa shape index (κ3) is 3.32. The van der Waals surface area contributed by atoms with Crippen LogP contribution in [0.4, 0.5) is 0 Å². The van der Waals surface area contributed by atoms with Gasteiger partial charge in [0.15, 0.2) is 0 Å². The maximum absolute atomic E-state index is 12.7. The van der Waals surface area contributed by atoms with Crippen LogP contribution in [0.15, 0.2) is 0 Å². The van der Waals surface area contributed by atoms with Gasteiger partial charge in [-0.25, -0.2) is 0 Å². The van der Waals surface area contributed by atoms with Crippen molar-refractivity contribution >= 4 is 11.8 Å². The molecule has 3 aliphatic rings. The van der Waals surface area contributed by atoms with Gasteiger partial charge in [0.05, 0.1) is 6.10 Å². The van der Waals surface area contributed by atoms with Gasteiger partial charge in [-0.15, -0.1) is 0 Å². The van der Waals surface area contributed by atoms with E-state index in [2.05, 4.69) is 12.2 Å². The van der Waals surface area contributed by atoms with Crippen molar-refractivity contribution in [1.82, 2.24) is 10.2 Å². The second-order valence-electron chi connectivity index (χ2n) is 7.82. The predicted octanol–water partition coefficient (Wildman–Crippen LogP) is 2.49. The summed E-state index contributed by atoms with van der Waals surface area (Å²) in [6.07, 6.45) is 9.07. The highest BCUT2D eigenvalue weighted by Crippen LogP contribution is 2.53. The molecule has 1 heterocycles. The molecule has 0 aromatic heterocycles. The van der Waals surface area contributed by atoms with Crippen LogP contribution in [0.5, 0.6) is 0 Å². The van der Waals surface area contributed by atoms with Gasteiger partial charge in [-0.05, 0) is 39.0 Å². The Labute approximate surface area is 145 Å². The Morgan fingerprint density at radius 1 is 1.17 bits per heavy atom. The smallest absolute Gasteiger partial charge is 0.223 e. The molecule has 136 valence electrons. The molecule has 3 rings (SSSR count). The van der Waals surface area contributed by atoms with Crippen LogP contribution in [0.2, 0.25) is 0 Å². The summed E-state index contributed by atoms with van der Waals surface area (Å²) in [5.41, 5.74) is 0.185. The van der Waals surface area contributed by atoms with Crippen LogP contribution in [-0.4, -0.2) is 48.6 Å². The van der Waals surface area contributed by atoms with Gasteiger partial charge in [0.1, 0.15) is 0 Å². The van der Waals surface area contributed by atoms with E-state index < -0.39 is 0 Å². The van der Waals surface area contributed by atoms with Gasteiger partial charge in [-0.1, -0.05) is 19.3 Å². The fourth-order valence-corrected chi connectivity index (χ4v) is 5.01. The first-order chi connectivity index (χ1) is 11.6. The van der Waals surface area contributed by atoms with E-state index in [1.54, 1.807) is 6.92 Å². The van der Waals surface area contributed by atoms with Crippen molar-refractivity contribution in [1.29, 1.82) is 0 Å². The Morgan fingerprint density at radius 3 is 2.42 bits per heavy atom. The molecule has 0 radical (unpaired) electrons. The summed E-state index contributed by atoms with van der Waals surface area (Å²) >= 11 is 0. The van der Waals surface area contributed by atoms with Gasteiger partial charge in [0.25, 0.3) is 0 Å². The van der Waals surface area contributed by atoms with E-state index in [4.69, 9.17) is 4.74 Å². The molecule has 24 heavy (non-hydrogen) atoms. The van der Waals surface area contributed by atoms with Crippen LogP contribution in [0.3, 0.4) is 0 Å².